The van der Waals surface area contributed by atoms with Crippen molar-refractivity contribution in [2.75, 3.05) is 26.6 Å². The predicted octanol–water partition coefficient (Wildman–Crippen LogP) is 2.51. The van der Waals surface area contributed by atoms with E-state index >= 15 is 0 Å². The molecule has 0 aliphatic carbocycles. The minimum Gasteiger partial charge on any atom is -0.493 e. The van der Waals surface area contributed by atoms with Gasteiger partial charge in [-0.25, -0.2) is 0 Å². The second-order valence-corrected chi connectivity index (χ2v) is 5.91. The number of anilines is 1. The average molecular weight is 392 g/mol. The Bertz CT molecular complexity index is 806. The van der Waals surface area contributed by atoms with Gasteiger partial charge in [-0.1, -0.05) is 12.1 Å². The van der Waals surface area contributed by atoms with Gasteiger partial charge < -0.3 is 28.8 Å². The van der Waals surface area contributed by atoms with Crippen molar-refractivity contribution in [1.82, 2.24) is 5.16 Å². The first-order valence-electron chi connectivity index (χ1n) is 8.64. The molecular formula is C19H24N2O7. The fourth-order valence-corrected chi connectivity index (χ4v) is 2.56. The molecule has 0 saturated heterocycles. The van der Waals surface area contributed by atoms with Crippen LogP contribution in [-0.2, 0) is 20.7 Å². The summed E-state index contributed by atoms with van der Waals surface area (Å²) in [4.78, 5) is 24.6. The van der Waals surface area contributed by atoms with Gasteiger partial charge in [0.1, 0.15) is 5.76 Å². The quantitative estimate of drug-likeness (QED) is 0.649. The second kappa shape index (κ2) is 9.63. The number of ether oxygens (including phenoxy) is 4. The SMILES string of the molecule is CCC(OC(=O)Cc1cc(OC)c(OC)c(OC)c1)C(=O)Nc1cc(C)on1. The van der Waals surface area contributed by atoms with Crippen molar-refractivity contribution in [3.8, 4) is 17.2 Å². The highest BCUT2D eigenvalue weighted by atomic mass is 16.5. The van der Waals surface area contributed by atoms with Crippen molar-refractivity contribution < 1.29 is 33.1 Å². The first kappa shape index (κ1) is 21.1. The number of esters is 1. The molecular weight excluding hydrogens is 368 g/mol. The van der Waals surface area contributed by atoms with Crippen LogP contribution in [0.5, 0.6) is 17.2 Å². The topological polar surface area (TPSA) is 109 Å². The van der Waals surface area contributed by atoms with Crippen molar-refractivity contribution in [3.05, 3.63) is 29.5 Å². The minimum atomic E-state index is -0.952. The fraction of sp³-hybridized carbons (Fsp3) is 0.421. The molecule has 1 amide bonds. The van der Waals surface area contributed by atoms with Gasteiger partial charge in [-0.05, 0) is 31.0 Å². The van der Waals surface area contributed by atoms with E-state index in [-0.39, 0.29) is 12.2 Å². The lowest BCUT2D eigenvalue weighted by molar-refractivity contribution is -0.153. The molecule has 0 aliphatic heterocycles. The van der Waals surface area contributed by atoms with Crippen molar-refractivity contribution >= 4 is 17.7 Å². The summed E-state index contributed by atoms with van der Waals surface area (Å²) in [7, 11) is 4.47. The lowest BCUT2D eigenvalue weighted by Gasteiger charge is -2.16. The van der Waals surface area contributed by atoms with Gasteiger partial charge in [-0.15, -0.1) is 0 Å². The number of carbonyl (C=O) groups excluding carboxylic acids is 2. The highest BCUT2D eigenvalue weighted by molar-refractivity contribution is 5.94. The van der Waals surface area contributed by atoms with E-state index in [0.29, 0.717) is 35.0 Å². The highest BCUT2D eigenvalue weighted by Gasteiger charge is 2.23. The van der Waals surface area contributed by atoms with Crippen LogP contribution in [-0.4, -0.2) is 44.5 Å². The highest BCUT2D eigenvalue weighted by Crippen LogP contribution is 2.38. The van der Waals surface area contributed by atoms with E-state index < -0.39 is 18.0 Å². The van der Waals surface area contributed by atoms with Crippen LogP contribution in [0.2, 0.25) is 0 Å². The first-order valence-corrected chi connectivity index (χ1v) is 8.64. The van der Waals surface area contributed by atoms with Crippen LogP contribution in [0.25, 0.3) is 0 Å². The minimum absolute atomic E-state index is 0.0659. The summed E-state index contributed by atoms with van der Waals surface area (Å²) in [5.41, 5.74) is 0.599. The molecule has 1 aromatic carbocycles. The zero-order valence-corrected chi connectivity index (χ0v) is 16.5. The van der Waals surface area contributed by atoms with Gasteiger partial charge >= 0.3 is 5.97 Å². The maximum Gasteiger partial charge on any atom is 0.311 e. The number of hydrogen-bond donors (Lipinski definition) is 1. The zero-order chi connectivity index (χ0) is 20.7. The summed E-state index contributed by atoms with van der Waals surface area (Å²) in [5.74, 6) is 1.06. The Balaban J connectivity index is 2.06. The van der Waals surface area contributed by atoms with Crippen LogP contribution in [0.4, 0.5) is 5.82 Å². The normalized spacial score (nSPS) is 11.5. The maximum atomic E-state index is 12.3. The molecule has 0 radical (unpaired) electrons. The van der Waals surface area contributed by atoms with Gasteiger partial charge in [0.2, 0.25) is 5.75 Å². The summed E-state index contributed by atoms with van der Waals surface area (Å²) in [6.07, 6.45) is -0.709. The number of nitrogens with zero attached hydrogens (tertiary/aromatic N) is 1. The Morgan fingerprint density at radius 1 is 1.11 bits per heavy atom. The third-order valence-electron chi connectivity index (χ3n) is 3.89. The molecule has 1 unspecified atom stereocenters. The van der Waals surface area contributed by atoms with Crippen LogP contribution in [0.3, 0.4) is 0 Å². The number of aromatic nitrogens is 1. The van der Waals surface area contributed by atoms with Gasteiger partial charge in [0.05, 0.1) is 27.8 Å². The van der Waals surface area contributed by atoms with E-state index in [1.807, 2.05) is 0 Å². The molecule has 0 aliphatic rings. The van der Waals surface area contributed by atoms with Gasteiger partial charge in [-0.3, -0.25) is 9.59 Å². The molecule has 1 N–H and O–H groups in total. The molecule has 0 spiro atoms. The van der Waals surface area contributed by atoms with E-state index in [4.69, 9.17) is 23.5 Å². The monoisotopic (exact) mass is 392 g/mol. The molecule has 2 aromatic rings. The summed E-state index contributed by atoms with van der Waals surface area (Å²) in [6.45, 7) is 3.45. The molecule has 1 heterocycles. The number of rotatable bonds is 9. The smallest absolute Gasteiger partial charge is 0.311 e. The molecule has 2 rings (SSSR count). The van der Waals surface area contributed by atoms with Crippen LogP contribution in [0.15, 0.2) is 22.7 Å². The number of hydrogen-bond acceptors (Lipinski definition) is 8. The Morgan fingerprint density at radius 3 is 2.21 bits per heavy atom. The summed E-state index contributed by atoms with van der Waals surface area (Å²) < 4.78 is 26.0. The van der Waals surface area contributed by atoms with Gasteiger partial charge in [0.15, 0.2) is 23.4 Å². The third-order valence-corrected chi connectivity index (χ3v) is 3.89. The van der Waals surface area contributed by atoms with Gasteiger partial charge in [0.25, 0.3) is 5.91 Å². The molecule has 152 valence electrons. The number of benzene rings is 1. The van der Waals surface area contributed by atoms with Gasteiger partial charge in [-0.2, -0.15) is 0 Å². The number of methoxy groups -OCH3 is 3. The lowest BCUT2D eigenvalue weighted by atomic mass is 10.1. The number of nitrogens with one attached hydrogen (secondary N) is 1. The predicted molar refractivity (Wildman–Crippen MR) is 99.8 cm³/mol. The zero-order valence-electron chi connectivity index (χ0n) is 16.5. The Hall–Kier alpha value is -3.23. The Morgan fingerprint density at radius 2 is 1.75 bits per heavy atom. The largest absolute Gasteiger partial charge is 0.493 e. The molecule has 9 nitrogen and oxygen atoms in total. The molecule has 0 bridgehead atoms. The molecule has 0 saturated carbocycles. The van der Waals surface area contributed by atoms with E-state index in [1.54, 1.807) is 32.0 Å². The fourth-order valence-electron chi connectivity index (χ4n) is 2.56. The van der Waals surface area contributed by atoms with Crippen molar-refractivity contribution in [3.63, 3.8) is 0 Å². The van der Waals surface area contributed by atoms with Gasteiger partial charge in [0, 0.05) is 6.07 Å². The van der Waals surface area contributed by atoms with E-state index in [2.05, 4.69) is 10.5 Å². The van der Waals surface area contributed by atoms with Crippen LogP contribution in [0.1, 0.15) is 24.7 Å². The second-order valence-electron chi connectivity index (χ2n) is 5.91. The standard InChI is InChI=1S/C19H24N2O7/c1-6-13(19(23)20-16-7-11(2)28-21-16)27-17(22)10-12-8-14(24-3)18(26-5)15(9-12)25-4/h7-9,13H,6,10H2,1-5H3,(H,20,21,23). The summed E-state index contributed by atoms with van der Waals surface area (Å²) in [5, 5.41) is 6.24. The van der Waals surface area contributed by atoms with Crippen molar-refractivity contribution in [2.24, 2.45) is 0 Å². The molecule has 0 fully saturated rings. The Kier molecular flexibility index (Phi) is 7.25. The van der Waals surface area contributed by atoms with E-state index in [9.17, 15) is 9.59 Å². The average Bonchev–Trinajstić information content (AvgIpc) is 3.09. The number of aryl methyl sites for hydroxylation is 1. The summed E-state index contributed by atoms with van der Waals surface area (Å²) in [6, 6.07) is 4.88. The van der Waals surface area contributed by atoms with E-state index in [1.165, 1.54) is 21.3 Å². The Labute approximate surface area is 162 Å². The molecule has 28 heavy (non-hydrogen) atoms. The molecule has 9 heteroatoms. The van der Waals surface area contributed by atoms with Crippen LogP contribution < -0.4 is 19.5 Å². The van der Waals surface area contributed by atoms with Crippen molar-refractivity contribution in [2.45, 2.75) is 32.8 Å². The molecule has 1 aromatic heterocycles. The maximum absolute atomic E-state index is 12.3. The summed E-state index contributed by atoms with van der Waals surface area (Å²) >= 11 is 0. The van der Waals surface area contributed by atoms with E-state index in [0.717, 1.165) is 0 Å². The van der Waals surface area contributed by atoms with Crippen LogP contribution in [0, 0.1) is 6.92 Å². The lowest BCUT2D eigenvalue weighted by Crippen LogP contribution is -2.32. The number of amides is 1. The third kappa shape index (κ3) is 5.15. The number of carbonyl (C=O) groups is 2. The van der Waals surface area contributed by atoms with Crippen LogP contribution >= 0.6 is 0 Å². The molecule has 1 atom stereocenters. The first-order chi connectivity index (χ1) is 13.4. The van der Waals surface area contributed by atoms with Crippen molar-refractivity contribution in [1.29, 1.82) is 0 Å².